The molecule has 0 radical (unpaired) electrons. The summed E-state index contributed by atoms with van der Waals surface area (Å²) in [6, 6.07) is 6.48. The summed E-state index contributed by atoms with van der Waals surface area (Å²) in [5, 5.41) is 3.90. The van der Waals surface area contributed by atoms with Gasteiger partial charge in [0.25, 0.3) is 0 Å². The molecule has 1 aromatic carbocycles. The second kappa shape index (κ2) is 6.92. The summed E-state index contributed by atoms with van der Waals surface area (Å²) < 4.78 is 19.1. The molecule has 6 nitrogen and oxygen atoms in total. The Balaban J connectivity index is 1.62. The van der Waals surface area contributed by atoms with E-state index in [-0.39, 0.29) is 11.7 Å². The van der Waals surface area contributed by atoms with Gasteiger partial charge in [0.15, 0.2) is 5.82 Å². The van der Waals surface area contributed by atoms with E-state index in [0.717, 1.165) is 13.1 Å². The van der Waals surface area contributed by atoms with Crippen LogP contribution in [0.15, 0.2) is 28.8 Å². The Bertz CT molecular complexity index is 751. The van der Waals surface area contributed by atoms with Gasteiger partial charge in [0.1, 0.15) is 5.82 Å². The molecule has 0 atom stereocenters. The summed E-state index contributed by atoms with van der Waals surface area (Å²) in [6.45, 7) is 8.60. The smallest absolute Gasteiger partial charge is 0.232 e. The van der Waals surface area contributed by atoms with E-state index >= 15 is 0 Å². The second-order valence-electron chi connectivity index (χ2n) is 6.90. The second-order valence-corrected chi connectivity index (χ2v) is 6.90. The zero-order valence-corrected chi connectivity index (χ0v) is 14.8. The quantitative estimate of drug-likeness (QED) is 0.849. The Morgan fingerprint density at radius 2 is 1.92 bits per heavy atom. The molecule has 0 unspecified atom stereocenters. The zero-order valence-electron chi connectivity index (χ0n) is 14.8. The molecule has 0 spiro atoms. The Kier molecular flexibility index (Phi) is 4.85. The lowest BCUT2D eigenvalue weighted by atomic mass is 9.82. The summed E-state index contributed by atoms with van der Waals surface area (Å²) in [4.78, 5) is 21.1. The van der Waals surface area contributed by atoms with Crippen LogP contribution in [0.5, 0.6) is 0 Å². The summed E-state index contributed by atoms with van der Waals surface area (Å²) in [5.74, 6) is 0.819. The first-order chi connectivity index (χ1) is 11.9. The molecule has 134 valence electrons. The number of aromatic nitrogens is 2. The molecule has 1 saturated heterocycles. The molecular formula is C18H23FN4O2. The van der Waals surface area contributed by atoms with Crippen LogP contribution < -0.4 is 0 Å². The Hall–Kier alpha value is -2.28. The van der Waals surface area contributed by atoms with Gasteiger partial charge in [0.2, 0.25) is 11.8 Å². The largest absolute Gasteiger partial charge is 0.340 e. The molecule has 1 aromatic heterocycles. The fourth-order valence-electron chi connectivity index (χ4n) is 3.19. The summed E-state index contributed by atoms with van der Waals surface area (Å²) in [6.07, 6.45) is 0. The van der Waals surface area contributed by atoms with Crippen LogP contribution in [-0.2, 0) is 16.8 Å². The van der Waals surface area contributed by atoms with Crippen molar-refractivity contribution >= 4 is 5.91 Å². The maximum atomic E-state index is 14.1. The Morgan fingerprint density at radius 1 is 1.24 bits per heavy atom. The minimum atomic E-state index is -0.891. The number of hydrogen-bond donors (Lipinski definition) is 0. The number of benzene rings is 1. The van der Waals surface area contributed by atoms with E-state index in [1.165, 1.54) is 6.07 Å². The average molecular weight is 346 g/mol. The van der Waals surface area contributed by atoms with E-state index < -0.39 is 5.41 Å². The van der Waals surface area contributed by atoms with Crippen LogP contribution in [-0.4, -0.2) is 52.0 Å². The first-order valence-electron chi connectivity index (χ1n) is 8.44. The lowest BCUT2D eigenvalue weighted by molar-refractivity contribution is -0.138. The predicted molar refractivity (Wildman–Crippen MR) is 90.3 cm³/mol. The average Bonchev–Trinajstić information content (AvgIpc) is 3.00. The molecule has 0 bridgehead atoms. The van der Waals surface area contributed by atoms with Crippen molar-refractivity contribution in [1.29, 1.82) is 0 Å². The minimum absolute atomic E-state index is 0.0485. The minimum Gasteiger partial charge on any atom is -0.340 e. The van der Waals surface area contributed by atoms with Crippen molar-refractivity contribution < 1.29 is 13.7 Å². The summed E-state index contributed by atoms with van der Waals surface area (Å²) in [7, 11) is 0. The molecule has 1 fully saturated rings. The van der Waals surface area contributed by atoms with Gasteiger partial charge in [0.05, 0.1) is 12.0 Å². The molecule has 25 heavy (non-hydrogen) atoms. The molecule has 2 heterocycles. The first-order valence-corrected chi connectivity index (χ1v) is 8.44. The van der Waals surface area contributed by atoms with Crippen LogP contribution >= 0.6 is 0 Å². The number of carbonyl (C=O) groups is 1. The SMILES string of the molecule is Cc1nc(CN2CCN(C(=O)C(C)(C)c3ccccc3F)CC2)no1. The maximum Gasteiger partial charge on any atom is 0.232 e. The molecule has 1 amide bonds. The number of carbonyl (C=O) groups excluding carboxylic acids is 1. The van der Waals surface area contributed by atoms with Gasteiger partial charge in [-0.15, -0.1) is 0 Å². The van der Waals surface area contributed by atoms with Gasteiger partial charge >= 0.3 is 0 Å². The standard InChI is InChI=1S/C18H23FN4O2/c1-13-20-16(21-25-13)12-22-8-10-23(11-9-22)17(24)18(2,3)14-6-4-5-7-15(14)19/h4-7H,8-12H2,1-3H3. The van der Waals surface area contributed by atoms with Gasteiger partial charge in [-0.25, -0.2) is 4.39 Å². The maximum absolute atomic E-state index is 14.1. The van der Waals surface area contributed by atoms with Crippen molar-refractivity contribution in [3.8, 4) is 0 Å². The Labute approximate surface area is 146 Å². The van der Waals surface area contributed by atoms with Crippen LogP contribution in [0.4, 0.5) is 4.39 Å². The third-order valence-electron chi connectivity index (χ3n) is 4.68. The van der Waals surface area contributed by atoms with E-state index in [9.17, 15) is 9.18 Å². The van der Waals surface area contributed by atoms with Gasteiger partial charge in [-0.3, -0.25) is 9.69 Å². The highest BCUT2D eigenvalue weighted by molar-refractivity contribution is 5.87. The van der Waals surface area contributed by atoms with Crippen LogP contribution in [0, 0.1) is 12.7 Å². The molecule has 0 aliphatic carbocycles. The molecular weight excluding hydrogens is 323 g/mol. The summed E-state index contributed by atoms with van der Waals surface area (Å²) >= 11 is 0. The van der Waals surface area contributed by atoms with Crippen molar-refractivity contribution in [3.63, 3.8) is 0 Å². The Morgan fingerprint density at radius 3 is 2.52 bits per heavy atom. The van der Waals surface area contributed by atoms with Crippen LogP contribution in [0.1, 0.15) is 31.1 Å². The van der Waals surface area contributed by atoms with Gasteiger partial charge in [-0.05, 0) is 19.9 Å². The fraction of sp³-hybridized carbons (Fsp3) is 0.500. The lowest BCUT2D eigenvalue weighted by Gasteiger charge is -2.38. The van der Waals surface area contributed by atoms with Crippen molar-refractivity contribution in [2.24, 2.45) is 0 Å². The molecule has 3 rings (SSSR count). The number of amides is 1. The third-order valence-corrected chi connectivity index (χ3v) is 4.68. The van der Waals surface area contributed by atoms with Crippen LogP contribution in [0.25, 0.3) is 0 Å². The van der Waals surface area contributed by atoms with E-state index in [4.69, 9.17) is 4.52 Å². The molecule has 7 heteroatoms. The highest BCUT2D eigenvalue weighted by atomic mass is 19.1. The van der Waals surface area contributed by atoms with Crippen molar-refractivity contribution in [2.45, 2.75) is 32.7 Å². The number of hydrogen-bond acceptors (Lipinski definition) is 5. The molecule has 2 aromatic rings. The van der Waals surface area contributed by atoms with Gasteiger partial charge in [0, 0.05) is 38.7 Å². The van der Waals surface area contributed by atoms with E-state index in [2.05, 4.69) is 15.0 Å². The highest BCUT2D eigenvalue weighted by Gasteiger charge is 2.36. The lowest BCUT2D eigenvalue weighted by Crippen LogP contribution is -2.53. The molecule has 0 N–H and O–H groups in total. The van der Waals surface area contributed by atoms with Gasteiger partial charge < -0.3 is 9.42 Å². The predicted octanol–water partition coefficient (Wildman–Crippen LogP) is 2.14. The number of halogens is 1. The number of nitrogens with zero attached hydrogens (tertiary/aromatic N) is 4. The van der Waals surface area contributed by atoms with E-state index in [0.29, 0.717) is 36.9 Å². The van der Waals surface area contributed by atoms with E-state index in [1.807, 2.05) is 4.90 Å². The van der Waals surface area contributed by atoms with Crippen molar-refractivity contribution in [3.05, 3.63) is 47.4 Å². The normalized spacial score (nSPS) is 16.2. The van der Waals surface area contributed by atoms with Crippen LogP contribution in [0.2, 0.25) is 0 Å². The topological polar surface area (TPSA) is 62.5 Å². The number of piperazine rings is 1. The molecule has 1 aliphatic rings. The number of rotatable bonds is 4. The number of aryl methyl sites for hydroxylation is 1. The van der Waals surface area contributed by atoms with Crippen LogP contribution in [0.3, 0.4) is 0 Å². The molecule has 1 aliphatic heterocycles. The first kappa shape index (κ1) is 17.5. The molecule has 0 saturated carbocycles. The van der Waals surface area contributed by atoms with Gasteiger partial charge in [-0.2, -0.15) is 4.98 Å². The van der Waals surface area contributed by atoms with E-state index in [1.54, 1.807) is 39.0 Å². The van der Waals surface area contributed by atoms with Crippen molar-refractivity contribution in [2.75, 3.05) is 26.2 Å². The zero-order chi connectivity index (χ0) is 18.0. The summed E-state index contributed by atoms with van der Waals surface area (Å²) in [5.41, 5.74) is -0.456. The van der Waals surface area contributed by atoms with Crippen molar-refractivity contribution in [1.82, 2.24) is 19.9 Å². The third kappa shape index (κ3) is 3.71. The highest BCUT2D eigenvalue weighted by Crippen LogP contribution is 2.28. The fourth-order valence-corrected chi connectivity index (χ4v) is 3.19. The monoisotopic (exact) mass is 346 g/mol. The van der Waals surface area contributed by atoms with Gasteiger partial charge in [-0.1, -0.05) is 23.4 Å².